The van der Waals surface area contributed by atoms with E-state index in [1.165, 1.54) is 38.9 Å². The molecule has 2 heteroatoms. The standard InChI is InChI=1S/C18H30N2/c1-4-20(5-2)12-8-9-15(3)19-14-17-13-16-10-6-7-11-18(16)17/h6-7,10-11,15,17,19H,4-5,8-9,12-14H2,1-3H3. The average molecular weight is 274 g/mol. The maximum atomic E-state index is 3.72. The molecule has 20 heavy (non-hydrogen) atoms. The van der Waals surface area contributed by atoms with E-state index in [9.17, 15) is 0 Å². The molecule has 0 radical (unpaired) electrons. The highest BCUT2D eigenvalue weighted by molar-refractivity contribution is 5.40. The SMILES string of the molecule is CCN(CC)CCCC(C)NCC1Cc2ccccc21. The zero-order valence-electron chi connectivity index (χ0n) is 13.4. The Hall–Kier alpha value is -0.860. The monoisotopic (exact) mass is 274 g/mol. The molecule has 1 aromatic rings. The number of nitrogens with one attached hydrogen (secondary N) is 1. The second kappa shape index (κ2) is 7.80. The van der Waals surface area contributed by atoms with E-state index in [1.54, 1.807) is 11.1 Å². The van der Waals surface area contributed by atoms with Crippen molar-refractivity contribution in [1.29, 1.82) is 0 Å². The van der Waals surface area contributed by atoms with E-state index in [-0.39, 0.29) is 0 Å². The van der Waals surface area contributed by atoms with Gasteiger partial charge in [-0.3, -0.25) is 0 Å². The van der Waals surface area contributed by atoms with Crippen molar-refractivity contribution in [1.82, 2.24) is 10.2 Å². The minimum atomic E-state index is 0.637. The first kappa shape index (κ1) is 15.5. The van der Waals surface area contributed by atoms with E-state index >= 15 is 0 Å². The molecule has 2 nitrogen and oxygen atoms in total. The van der Waals surface area contributed by atoms with Crippen molar-refractivity contribution < 1.29 is 0 Å². The molecule has 0 bridgehead atoms. The van der Waals surface area contributed by atoms with Crippen LogP contribution in [0, 0.1) is 0 Å². The molecule has 0 heterocycles. The van der Waals surface area contributed by atoms with Crippen molar-refractivity contribution in [3.63, 3.8) is 0 Å². The first-order valence-corrected chi connectivity index (χ1v) is 8.28. The molecular formula is C18H30N2. The first-order chi connectivity index (χ1) is 9.74. The summed E-state index contributed by atoms with van der Waals surface area (Å²) in [6.45, 7) is 11.6. The molecule has 1 aliphatic carbocycles. The maximum absolute atomic E-state index is 3.72. The molecule has 0 spiro atoms. The van der Waals surface area contributed by atoms with E-state index in [4.69, 9.17) is 0 Å². The van der Waals surface area contributed by atoms with Gasteiger partial charge in [0.2, 0.25) is 0 Å². The minimum Gasteiger partial charge on any atom is -0.314 e. The van der Waals surface area contributed by atoms with Gasteiger partial charge in [-0.05, 0) is 56.9 Å². The summed E-state index contributed by atoms with van der Waals surface area (Å²) in [6.07, 6.45) is 3.84. The minimum absolute atomic E-state index is 0.637. The summed E-state index contributed by atoms with van der Waals surface area (Å²) in [7, 11) is 0. The third kappa shape index (κ3) is 4.07. The van der Waals surface area contributed by atoms with Gasteiger partial charge in [0.15, 0.2) is 0 Å². The molecule has 2 unspecified atom stereocenters. The fraction of sp³-hybridized carbons (Fsp3) is 0.667. The molecule has 112 valence electrons. The fourth-order valence-corrected chi connectivity index (χ4v) is 3.15. The zero-order chi connectivity index (χ0) is 14.4. The van der Waals surface area contributed by atoms with Crippen molar-refractivity contribution in [2.45, 2.75) is 52.0 Å². The first-order valence-electron chi connectivity index (χ1n) is 8.28. The second-order valence-electron chi connectivity index (χ2n) is 6.08. The molecule has 0 saturated heterocycles. The van der Waals surface area contributed by atoms with Crippen molar-refractivity contribution in [2.75, 3.05) is 26.2 Å². The smallest absolute Gasteiger partial charge is 0.00394 e. The van der Waals surface area contributed by atoms with Crippen LogP contribution in [0.5, 0.6) is 0 Å². The lowest BCUT2D eigenvalue weighted by Gasteiger charge is -2.31. The Morgan fingerprint density at radius 3 is 2.70 bits per heavy atom. The lowest BCUT2D eigenvalue weighted by Crippen LogP contribution is -2.35. The number of nitrogens with zero attached hydrogens (tertiary/aromatic N) is 1. The van der Waals surface area contributed by atoms with E-state index in [0.29, 0.717) is 6.04 Å². The number of benzene rings is 1. The molecule has 2 rings (SSSR count). The number of hydrogen-bond acceptors (Lipinski definition) is 2. The molecule has 2 atom stereocenters. The van der Waals surface area contributed by atoms with E-state index < -0.39 is 0 Å². The van der Waals surface area contributed by atoms with Gasteiger partial charge in [-0.2, -0.15) is 0 Å². The lowest BCUT2D eigenvalue weighted by atomic mass is 9.77. The van der Waals surface area contributed by atoms with Crippen LogP contribution < -0.4 is 5.32 Å². The molecule has 0 aliphatic heterocycles. The van der Waals surface area contributed by atoms with Gasteiger partial charge in [-0.25, -0.2) is 0 Å². The van der Waals surface area contributed by atoms with E-state index in [2.05, 4.69) is 55.3 Å². The van der Waals surface area contributed by atoms with Crippen molar-refractivity contribution >= 4 is 0 Å². The van der Waals surface area contributed by atoms with Gasteiger partial charge in [-0.15, -0.1) is 0 Å². The average Bonchev–Trinajstić information content (AvgIpc) is 2.44. The van der Waals surface area contributed by atoms with Crippen molar-refractivity contribution in [3.05, 3.63) is 35.4 Å². The Balaban J connectivity index is 1.61. The van der Waals surface area contributed by atoms with Gasteiger partial charge in [0.25, 0.3) is 0 Å². The van der Waals surface area contributed by atoms with E-state index in [0.717, 1.165) is 12.5 Å². The highest BCUT2D eigenvalue weighted by Gasteiger charge is 2.25. The summed E-state index contributed by atoms with van der Waals surface area (Å²) in [5.74, 6) is 0.747. The van der Waals surface area contributed by atoms with E-state index in [1.807, 2.05) is 0 Å². The van der Waals surface area contributed by atoms with Gasteiger partial charge in [-0.1, -0.05) is 38.1 Å². The highest BCUT2D eigenvalue weighted by Crippen LogP contribution is 2.34. The van der Waals surface area contributed by atoms with Crippen LogP contribution >= 0.6 is 0 Å². The van der Waals surface area contributed by atoms with Crippen molar-refractivity contribution in [3.8, 4) is 0 Å². The van der Waals surface area contributed by atoms with Crippen LogP contribution in [0.2, 0.25) is 0 Å². The topological polar surface area (TPSA) is 15.3 Å². The summed E-state index contributed by atoms with van der Waals surface area (Å²) in [5.41, 5.74) is 3.11. The Morgan fingerprint density at radius 2 is 2.00 bits per heavy atom. The van der Waals surface area contributed by atoms with Gasteiger partial charge >= 0.3 is 0 Å². The third-order valence-electron chi connectivity index (χ3n) is 4.68. The van der Waals surface area contributed by atoms with Gasteiger partial charge in [0, 0.05) is 18.5 Å². The molecule has 0 saturated carbocycles. The zero-order valence-corrected chi connectivity index (χ0v) is 13.4. The lowest BCUT2D eigenvalue weighted by molar-refractivity contribution is 0.290. The van der Waals surface area contributed by atoms with Gasteiger partial charge < -0.3 is 10.2 Å². The predicted molar refractivity (Wildman–Crippen MR) is 87.4 cm³/mol. The molecule has 1 aliphatic rings. The fourth-order valence-electron chi connectivity index (χ4n) is 3.15. The number of fused-ring (bicyclic) bond motifs is 1. The molecule has 1 aromatic carbocycles. The quantitative estimate of drug-likeness (QED) is 0.742. The van der Waals surface area contributed by atoms with Crippen LogP contribution in [0.25, 0.3) is 0 Å². The van der Waals surface area contributed by atoms with Crippen LogP contribution in [-0.2, 0) is 6.42 Å². The molecule has 1 N–H and O–H groups in total. The summed E-state index contributed by atoms with van der Waals surface area (Å²) in [4.78, 5) is 2.51. The summed E-state index contributed by atoms with van der Waals surface area (Å²) >= 11 is 0. The predicted octanol–water partition coefficient (Wildman–Crippen LogP) is 3.43. The molecule has 0 fully saturated rings. The molecular weight excluding hydrogens is 244 g/mol. The normalized spacial score (nSPS) is 18.7. The summed E-state index contributed by atoms with van der Waals surface area (Å²) in [6, 6.07) is 9.50. The maximum Gasteiger partial charge on any atom is 0.00394 e. The Morgan fingerprint density at radius 1 is 1.25 bits per heavy atom. The third-order valence-corrected chi connectivity index (χ3v) is 4.68. The second-order valence-corrected chi connectivity index (χ2v) is 6.08. The van der Waals surface area contributed by atoms with Crippen molar-refractivity contribution in [2.24, 2.45) is 0 Å². The number of hydrogen-bond donors (Lipinski definition) is 1. The summed E-state index contributed by atoms with van der Waals surface area (Å²) < 4.78 is 0. The van der Waals surface area contributed by atoms with Crippen LogP contribution in [0.4, 0.5) is 0 Å². The van der Waals surface area contributed by atoms with Crippen LogP contribution in [0.1, 0.15) is 50.7 Å². The Bertz CT molecular complexity index is 398. The largest absolute Gasteiger partial charge is 0.314 e. The van der Waals surface area contributed by atoms with Crippen LogP contribution in [0.3, 0.4) is 0 Å². The molecule has 0 aromatic heterocycles. The summed E-state index contributed by atoms with van der Waals surface area (Å²) in [5, 5.41) is 3.72. The Kier molecular flexibility index (Phi) is 6.06. The van der Waals surface area contributed by atoms with Crippen LogP contribution in [-0.4, -0.2) is 37.1 Å². The highest BCUT2D eigenvalue weighted by atomic mass is 15.1. The van der Waals surface area contributed by atoms with Gasteiger partial charge in [0.05, 0.1) is 0 Å². The van der Waals surface area contributed by atoms with Gasteiger partial charge in [0.1, 0.15) is 0 Å². The van der Waals surface area contributed by atoms with Crippen LogP contribution in [0.15, 0.2) is 24.3 Å². The Labute approximate surface area is 124 Å². The number of rotatable bonds is 9. The molecule has 0 amide bonds.